The molecule has 4 nitrogen and oxygen atoms in total. The van der Waals surface area contributed by atoms with Crippen molar-refractivity contribution in [3.8, 4) is 6.07 Å². The third kappa shape index (κ3) is 2.63. The van der Waals surface area contributed by atoms with Gasteiger partial charge in [-0.2, -0.15) is 10.4 Å². The van der Waals surface area contributed by atoms with Crippen LogP contribution in [0.5, 0.6) is 0 Å². The van der Waals surface area contributed by atoms with E-state index < -0.39 is 0 Å². The van der Waals surface area contributed by atoms with E-state index in [1.165, 1.54) is 25.7 Å². The molecule has 1 fully saturated rings. The fourth-order valence-electron chi connectivity index (χ4n) is 3.02. The molecule has 20 heavy (non-hydrogen) atoms. The van der Waals surface area contributed by atoms with Crippen molar-refractivity contribution in [1.29, 1.82) is 5.26 Å². The van der Waals surface area contributed by atoms with Crippen molar-refractivity contribution >= 4 is 5.82 Å². The van der Waals surface area contributed by atoms with Crippen molar-refractivity contribution in [2.24, 2.45) is 5.41 Å². The number of hydrogen-bond donors (Lipinski definition) is 1. The molecule has 1 aromatic heterocycles. The smallest absolute Gasteiger partial charge is 0.166 e. The Morgan fingerprint density at radius 1 is 1.20 bits per heavy atom. The molecule has 0 unspecified atom stereocenters. The highest BCUT2D eigenvalue weighted by Gasteiger charge is 2.35. The third-order valence-corrected chi connectivity index (χ3v) is 4.75. The van der Waals surface area contributed by atoms with Gasteiger partial charge in [0.15, 0.2) is 5.82 Å². The zero-order valence-electron chi connectivity index (χ0n) is 12.8. The van der Waals surface area contributed by atoms with Crippen LogP contribution in [-0.4, -0.2) is 16.7 Å². The normalized spacial score (nSPS) is 16.3. The number of aromatic nitrogens is 2. The van der Waals surface area contributed by atoms with E-state index >= 15 is 0 Å². The zero-order valence-corrected chi connectivity index (χ0v) is 12.8. The lowest BCUT2D eigenvalue weighted by atomic mass is 9.67. The second kappa shape index (κ2) is 6.21. The van der Waals surface area contributed by atoms with Crippen molar-refractivity contribution in [2.75, 3.05) is 11.9 Å². The molecule has 2 rings (SSSR count). The molecule has 1 aliphatic carbocycles. The minimum atomic E-state index is 0.407. The second-order valence-electron chi connectivity index (χ2n) is 5.73. The highest BCUT2D eigenvalue weighted by molar-refractivity contribution is 5.56. The number of hydrogen-bond acceptors (Lipinski definition) is 4. The van der Waals surface area contributed by atoms with E-state index in [1.807, 2.05) is 0 Å². The van der Waals surface area contributed by atoms with Crippen LogP contribution in [0.2, 0.25) is 0 Å². The molecule has 0 amide bonds. The number of nitriles is 1. The second-order valence-corrected chi connectivity index (χ2v) is 5.73. The van der Waals surface area contributed by atoms with E-state index in [-0.39, 0.29) is 0 Å². The molecule has 108 valence electrons. The minimum absolute atomic E-state index is 0.407. The van der Waals surface area contributed by atoms with Crippen LogP contribution in [0, 0.1) is 16.7 Å². The number of aryl methyl sites for hydroxylation is 1. The van der Waals surface area contributed by atoms with Crippen molar-refractivity contribution < 1.29 is 0 Å². The fourth-order valence-corrected chi connectivity index (χ4v) is 3.02. The fraction of sp³-hybridized carbons (Fsp3) is 0.688. The Morgan fingerprint density at radius 2 is 1.95 bits per heavy atom. The highest BCUT2D eigenvalue weighted by Crippen LogP contribution is 2.43. The summed E-state index contributed by atoms with van der Waals surface area (Å²) in [5.74, 6) is 0.668. The quantitative estimate of drug-likeness (QED) is 0.861. The maximum atomic E-state index is 9.45. The lowest BCUT2D eigenvalue weighted by Crippen LogP contribution is -2.36. The van der Waals surface area contributed by atoms with Gasteiger partial charge in [0.25, 0.3) is 0 Å². The average molecular weight is 272 g/mol. The molecular weight excluding hydrogens is 248 g/mol. The molecule has 0 aromatic carbocycles. The van der Waals surface area contributed by atoms with Gasteiger partial charge in [-0.15, -0.1) is 5.10 Å². The first-order chi connectivity index (χ1) is 9.69. The molecule has 0 spiro atoms. The van der Waals surface area contributed by atoms with Crippen molar-refractivity contribution in [3.05, 3.63) is 16.8 Å². The summed E-state index contributed by atoms with van der Waals surface area (Å²) in [6.45, 7) is 7.27. The van der Waals surface area contributed by atoms with Crippen LogP contribution < -0.4 is 5.32 Å². The zero-order chi connectivity index (χ0) is 14.6. The van der Waals surface area contributed by atoms with Gasteiger partial charge in [-0.05, 0) is 43.1 Å². The van der Waals surface area contributed by atoms with E-state index in [2.05, 4.69) is 42.4 Å². The lowest BCUT2D eigenvalue weighted by Gasteiger charge is -2.41. The predicted molar refractivity (Wildman–Crippen MR) is 80.6 cm³/mol. The van der Waals surface area contributed by atoms with Crippen LogP contribution in [-0.2, 0) is 12.8 Å². The van der Waals surface area contributed by atoms with Crippen LogP contribution in [0.1, 0.15) is 63.3 Å². The first-order valence-electron chi connectivity index (χ1n) is 7.72. The summed E-state index contributed by atoms with van der Waals surface area (Å²) < 4.78 is 0. The van der Waals surface area contributed by atoms with E-state index in [1.54, 1.807) is 0 Å². The highest BCUT2D eigenvalue weighted by atomic mass is 15.2. The largest absolute Gasteiger partial charge is 0.367 e. The Bertz CT molecular complexity index is 506. The van der Waals surface area contributed by atoms with Crippen LogP contribution in [0.25, 0.3) is 0 Å². The van der Waals surface area contributed by atoms with Gasteiger partial charge in [-0.25, -0.2) is 0 Å². The standard InChI is InChI=1S/C16H24N4/c1-4-12-13(10-17)15(20-19-14(12)5-2)18-11-16(6-3)8-7-9-16/h4-9,11H2,1-3H3,(H,18,20). The molecule has 0 saturated heterocycles. The van der Waals surface area contributed by atoms with Gasteiger partial charge in [0, 0.05) is 6.54 Å². The molecule has 1 aliphatic rings. The van der Waals surface area contributed by atoms with E-state index in [0.29, 0.717) is 16.8 Å². The number of rotatable bonds is 6. The van der Waals surface area contributed by atoms with Crippen molar-refractivity contribution in [2.45, 2.75) is 59.3 Å². The Labute approximate surface area is 121 Å². The summed E-state index contributed by atoms with van der Waals surface area (Å²) in [4.78, 5) is 0. The van der Waals surface area contributed by atoms with E-state index in [4.69, 9.17) is 0 Å². The van der Waals surface area contributed by atoms with Crippen LogP contribution in [0.3, 0.4) is 0 Å². The summed E-state index contributed by atoms with van der Waals surface area (Å²) in [5.41, 5.74) is 3.09. The monoisotopic (exact) mass is 272 g/mol. The van der Waals surface area contributed by atoms with Crippen LogP contribution >= 0.6 is 0 Å². The van der Waals surface area contributed by atoms with Gasteiger partial charge in [0.05, 0.1) is 5.69 Å². The van der Waals surface area contributed by atoms with E-state index in [9.17, 15) is 5.26 Å². The summed E-state index contributed by atoms with van der Waals surface area (Å²) in [6.07, 6.45) is 6.71. The minimum Gasteiger partial charge on any atom is -0.367 e. The molecule has 1 saturated carbocycles. The Morgan fingerprint density at radius 3 is 2.40 bits per heavy atom. The molecule has 1 heterocycles. The molecule has 0 radical (unpaired) electrons. The first-order valence-corrected chi connectivity index (χ1v) is 7.72. The average Bonchev–Trinajstić information content (AvgIpc) is 2.45. The maximum Gasteiger partial charge on any atom is 0.166 e. The molecular formula is C16H24N4. The first kappa shape index (κ1) is 14.8. The molecule has 1 N–H and O–H groups in total. The topological polar surface area (TPSA) is 61.6 Å². The van der Waals surface area contributed by atoms with E-state index in [0.717, 1.165) is 30.6 Å². The Balaban J connectivity index is 2.22. The molecule has 0 aliphatic heterocycles. The lowest BCUT2D eigenvalue weighted by molar-refractivity contribution is 0.145. The molecule has 1 aromatic rings. The van der Waals surface area contributed by atoms with Gasteiger partial charge in [0.2, 0.25) is 0 Å². The molecule has 0 bridgehead atoms. The molecule has 0 atom stereocenters. The van der Waals surface area contributed by atoms with Gasteiger partial charge in [-0.3, -0.25) is 0 Å². The SMILES string of the molecule is CCc1nnc(NCC2(CC)CCC2)c(C#N)c1CC. The predicted octanol–water partition coefficient (Wildman–Crippen LogP) is 3.47. The number of anilines is 1. The van der Waals surface area contributed by atoms with Gasteiger partial charge < -0.3 is 5.32 Å². The Hall–Kier alpha value is -1.63. The number of nitrogens with zero attached hydrogens (tertiary/aromatic N) is 3. The van der Waals surface area contributed by atoms with Crippen LogP contribution in [0.4, 0.5) is 5.82 Å². The van der Waals surface area contributed by atoms with Gasteiger partial charge in [-0.1, -0.05) is 27.2 Å². The third-order valence-electron chi connectivity index (χ3n) is 4.75. The molecule has 4 heteroatoms. The summed E-state index contributed by atoms with van der Waals surface area (Å²) in [7, 11) is 0. The summed E-state index contributed by atoms with van der Waals surface area (Å²) >= 11 is 0. The Kier molecular flexibility index (Phi) is 4.59. The van der Waals surface area contributed by atoms with Gasteiger partial charge >= 0.3 is 0 Å². The van der Waals surface area contributed by atoms with Crippen LogP contribution in [0.15, 0.2) is 0 Å². The summed E-state index contributed by atoms with van der Waals surface area (Å²) in [5, 5.41) is 21.4. The summed E-state index contributed by atoms with van der Waals surface area (Å²) in [6, 6.07) is 2.32. The van der Waals surface area contributed by atoms with Gasteiger partial charge in [0.1, 0.15) is 11.6 Å². The number of nitrogens with one attached hydrogen (secondary N) is 1. The van der Waals surface area contributed by atoms with Crippen molar-refractivity contribution in [3.63, 3.8) is 0 Å². The van der Waals surface area contributed by atoms with Crippen molar-refractivity contribution in [1.82, 2.24) is 10.2 Å². The maximum absolute atomic E-state index is 9.45.